The van der Waals surface area contributed by atoms with Crippen LogP contribution in [0, 0.1) is 0 Å². The Balaban J connectivity index is 2.07. The second-order valence-corrected chi connectivity index (χ2v) is 6.53. The summed E-state index contributed by atoms with van der Waals surface area (Å²) >= 11 is 0. The fourth-order valence-electron chi connectivity index (χ4n) is 2.38. The van der Waals surface area contributed by atoms with E-state index in [-0.39, 0.29) is 17.6 Å². The number of hydrogen-bond acceptors (Lipinski definition) is 4. The molecule has 6 heteroatoms. The van der Waals surface area contributed by atoms with Crippen LogP contribution in [0.15, 0.2) is 52.2 Å². The van der Waals surface area contributed by atoms with Crippen LogP contribution in [-0.2, 0) is 29.0 Å². The molecule has 2 aromatic rings. The van der Waals surface area contributed by atoms with Crippen molar-refractivity contribution < 1.29 is 9.53 Å². The summed E-state index contributed by atoms with van der Waals surface area (Å²) in [4.78, 5) is 35.6. The summed E-state index contributed by atoms with van der Waals surface area (Å²) < 4.78 is 7.58. The smallest absolute Gasteiger partial charge is 0.330 e. The highest BCUT2D eigenvalue weighted by Gasteiger charge is 2.22. The predicted octanol–water partition coefficient (Wildman–Crippen LogP) is 1.62. The molecule has 1 aromatic heterocycles. The maximum absolute atomic E-state index is 12.0. The van der Waals surface area contributed by atoms with Gasteiger partial charge in [0.25, 0.3) is 5.56 Å². The monoisotopic (exact) mass is 342 g/mol. The van der Waals surface area contributed by atoms with Crippen LogP contribution < -0.4 is 11.2 Å². The average molecular weight is 342 g/mol. The molecule has 2 rings (SSSR count). The summed E-state index contributed by atoms with van der Waals surface area (Å²) in [5.41, 5.74) is 0.103. The van der Waals surface area contributed by atoms with E-state index >= 15 is 0 Å². The minimum absolute atomic E-state index is 0.214. The van der Waals surface area contributed by atoms with E-state index in [0.717, 1.165) is 10.1 Å². The third-order valence-electron chi connectivity index (χ3n) is 4.00. The molecule has 132 valence electrons. The first-order valence-corrected chi connectivity index (χ1v) is 7.89. The van der Waals surface area contributed by atoms with E-state index in [2.05, 4.69) is 0 Å². The van der Waals surface area contributed by atoms with Gasteiger partial charge in [-0.1, -0.05) is 44.2 Å². The number of aryl methyl sites for hydroxylation is 1. The Morgan fingerprint density at radius 1 is 1.16 bits per heavy atom. The number of esters is 1. The van der Waals surface area contributed by atoms with Crippen LogP contribution in [0.4, 0.5) is 0 Å². The van der Waals surface area contributed by atoms with Crippen LogP contribution in [-0.4, -0.2) is 21.7 Å². The number of benzene rings is 1. The Morgan fingerprint density at radius 3 is 2.44 bits per heavy atom. The van der Waals surface area contributed by atoms with Crippen molar-refractivity contribution in [3.63, 3.8) is 0 Å². The quantitative estimate of drug-likeness (QED) is 0.611. The van der Waals surface area contributed by atoms with E-state index < -0.39 is 17.2 Å². The van der Waals surface area contributed by atoms with Crippen molar-refractivity contribution in [3.8, 4) is 0 Å². The Morgan fingerprint density at radius 2 is 1.80 bits per heavy atom. The average Bonchev–Trinajstić information content (AvgIpc) is 2.61. The molecule has 0 spiro atoms. The summed E-state index contributed by atoms with van der Waals surface area (Å²) in [6.45, 7) is 4.19. The summed E-state index contributed by atoms with van der Waals surface area (Å²) in [6, 6.07) is 9.78. The summed E-state index contributed by atoms with van der Waals surface area (Å²) in [5, 5.41) is 0. The molecule has 1 heterocycles. The molecule has 0 saturated carbocycles. The molecule has 25 heavy (non-hydrogen) atoms. The highest BCUT2D eigenvalue weighted by Crippen LogP contribution is 2.23. The number of hydrogen-bond donors (Lipinski definition) is 0. The minimum atomic E-state index is -0.542. The predicted molar refractivity (Wildman–Crippen MR) is 96.4 cm³/mol. The molecule has 0 radical (unpaired) electrons. The fourth-order valence-corrected chi connectivity index (χ4v) is 2.38. The summed E-state index contributed by atoms with van der Waals surface area (Å²) in [7, 11) is 2.93. The Hall–Kier alpha value is -2.89. The van der Waals surface area contributed by atoms with Crippen LogP contribution in [0.5, 0.6) is 0 Å². The zero-order valence-electron chi connectivity index (χ0n) is 14.9. The molecule has 0 N–H and O–H groups in total. The molecule has 0 unspecified atom stereocenters. The zero-order chi connectivity index (χ0) is 18.6. The van der Waals surface area contributed by atoms with E-state index in [1.165, 1.54) is 30.0 Å². The highest BCUT2D eigenvalue weighted by atomic mass is 16.5. The van der Waals surface area contributed by atoms with Gasteiger partial charge in [-0.3, -0.25) is 9.36 Å². The molecule has 0 amide bonds. The van der Waals surface area contributed by atoms with Crippen molar-refractivity contribution in [1.29, 1.82) is 0 Å². The summed E-state index contributed by atoms with van der Waals surface area (Å²) in [5.74, 6) is -0.542. The Kier molecular flexibility index (Phi) is 5.41. The molecule has 0 aliphatic rings. The number of nitrogens with zero attached hydrogens (tertiary/aromatic N) is 2. The fraction of sp³-hybridized carbons (Fsp3) is 0.316. The summed E-state index contributed by atoms with van der Waals surface area (Å²) in [6.07, 6.45) is 3.95. The molecule has 1 aromatic carbocycles. The van der Waals surface area contributed by atoms with E-state index in [1.807, 2.05) is 44.2 Å². The van der Waals surface area contributed by atoms with E-state index in [1.54, 1.807) is 7.05 Å². The van der Waals surface area contributed by atoms with E-state index in [0.29, 0.717) is 0 Å². The lowest BCUT2D eigenvalue weighted by Crippen LogP contribution is -2.37. The van der Waals surface area contributed by atoms with Gasteiger partial charge in [-0.05, 0) is 11.6 Å². The third-order valence-corrected chi connectivity index (χ3v) is 4.00. The molecule has 0 fully saturated rings. The van der Waals surface area contributed by atoms with Crippen molar-refractivity contribution in [3.05, 3.63) is 74.6 Å². The molecule has 0 bridgehead atoms. The van der Waals surface area contributed by atoms with Gasteiger partial charge in [0.2, 0.25) is 0 Å². The van der Waals surface area contributed by atoms with Gasteiger partial charge in [-0.2, -0.15) is 0 Å². The second kappa shape index (κ2) is 7.34. The first-order valence-electron chi connectivity index (χ1n) is 7.89. The van der Waals surface area contributed by atoms with E-state index in [9.17, 15) is 14.4 Å². The molecular formula is C19H22N2O4. The molecule has 0 aliphatic carbocycles. The van der Waals surface area contributed by atoms with Crippen molar-refractivity contribution in [2.45, 2.75) is 19.3 Å². The van der Waals surface area contributed by atoms with Gasteiger partial charge < -0.3 is 9.30 Å². The van der Waals surface area contributed by atoms with Gasteiger partial charge in [0.1, 0.15) is 6.61 Å². The van der Waals surface area contributed by atoms with Gasteiger partial charge in [-0.15, -0.1) is 0 Å². The lowest BCUT2D eigenvalue weighted by molar-refractivity contribution is -0.139. The number of ether oxygens (including phenoxy) is 1. The first-order chi connectivity index (χ1) is 11.7. The third kappa shape index (κ3) is 4.35. The van der Waals surface area contributed by atoms with Crippen molar-refractivity contribution in [1.82, 2.24) is 9.13 Å². The first kappa shape index (κ1) is 18.4. The molecule has 0 saturated heterocycles. The number of aromatic nitrogens is 2. The standard InChI is InChI=1S/C19H22N2O4/c1-19(2,15-8-6-5-7-9-15)13-25-16(22)11-10-14-12-20(3)18(24)21(4)17(14)23/h5-12H,13H2,1-4H3/b11-10+. The maximum atomic E-state index is 12.0. The van der Waals surface area contributed by atoms with Gasteiger partial charge in [0.15, 0.2) is 0 Å². The van der Waals surface area contributed by atoms with Crippen LogP contribution in [0.3, 0.4) is 0 Å². The van der Waals surface area contributed by atoms with Crippen LogP contribution in [0.1, 0.15) is 25.0 Å². The highest BCUT2D eigenvalue weighted by molar-refractivity contribution is 5.86. The van der Waals surface area contributed by atoms with Crippen LogP contribution in [0.25, 0.3) is 6.08 Å². The maximum Gasteiger partial charge on any atom is 0.330 e. The van der Waals surface area contributed by atoms with E-state index in [4.69, 9.17) is 4.74 Å². The lowest BCUT2D eigenvalue weighted by atomic mass is 9.86. The zero-order valence-corrected chi connectivity index (χ0v) is 14.9. The van der Waals surface area contributed by atoms with Gasteiger partial charge >= 0.3 is 11.7 Å². The van der Waals surface area contributed by atoms with Gasteiger partial charge in [-0.25, -0.2) is 9.59 Å². The Bertz CT molecular complexity index is 905. The minimum Gasteiger partial charge on any atom is -0.462 e. The molecule has 0 aliphatic heterocycles. The largest absolute Gasteiger partial charge is 0.462 e. The normalized spacial score (nSPS) is 11.7. The number of carbonyl (C=O) groups excluding carboxylic acids is 1. The van der Waals surface area contributed by atoms with Crippen molar-refractivity contribution in [2.75, 3.05) is 6.61 Å². The topological polar surface area (TPSA) is 70.3 Å². The SMILES string of the molecule is Cn1cc(/C=C/C(=O)OCC(C)(C)c2ccccc2)c(=O)n(C)c1=O. The molecule has 6 nitrogen and oxygen atoms in total. The van der Waals surface area contributed by atoms with Crippen molar-refractivity contribution in [2.24, 2.45) is 14.1 Å². The van der Waals surface area contributed by atoms with Crippen molar-refractivity contribution >= 4 is 12.0 Å². The lowest BCUT2D eigenvalue weighted by Gasteiger charge is -2.24. The number of carbonyl (C=O) groups is 1. The number of rotatable bonds is 5. The molecular weight excluding hydrogens is 320 g/mol. The molecule has 0 atom stereocenters. The van der Waals surface area contributed by atoms with Crippen LogP contribution in [0.2, 0.25) is 0 Å². The van der Waals surface area contributed by atoms with Gasteiger partial charge in [0, 0.05) is 31.8 Å². The van der Waals surface area contributed by atoms with Gasteiger partial charge in [0.05, 0.1) is 5.56 Å². The van der Waals surface area contributed by atoms with Crippen LogP contribution >= 0.6 is 0 Å². The second-order valence-electron chi connectivity index (χ2n) is 6.53. The Labute approximate surface area is 146 Å².